The van der Waals surface area contributed by atoms with E-state index in [0.29, 0.717) is 6.42 Å². The van der Waals surface area contributed by atoms with Gasteiger partial charge in [-0.05, 0) is 32.4 Å². The normalized spacial score (nSPS) is 12.1. The van der Waals surface area contributed by atoms with Crippen LogP contribution in [0.1, 0.15) is 25.5 Å². The average molecular weight is 208 g/mol. The van der Waals surface area contributed by atoms with Crippen molar-refractivity contribution in [3.8, 4) is 0 Å². The van der Waals surface area contributed by atoms with Crippen LogP contribution in [-0.4, -0.2) is 22.1 Å². The second-order valence-corrected chi connectivity index (χ2v) is 3.61. The summed E-state index contributed by atoms with van der Waals surface area (Å²) in [7, 11) is 0. The third-order valence-electron chi connectivity index (χ3n) is 2.20. The zero-order valence-corrected chi connectivity index (χ0v) is 9.03. The Bertz CT molecular complexity index is 339. The van der Waals surface area contributed by atoms with E-state index in [2.05, 4.69) is 10.3 Å². The standard InChI is InChI=1S/C11H16N2O2/c1-8(5-6-11(14)15)13-10-4-3-7-12-9(10)2/h3-4,7-8,13H,5-6H2,1-2H3,(H,14,15). The van der Waals surface area contributed by atoms with Gasteiger partial charge in [-0.3, -0.25) is 9.78 Å². The van der Waals surface area contributed by atoms with E-state index in [4.69, 9.17) is 5.11 Å². The predicted molar refractivity (Wildman–Crippen MR) is 58.9 cm³/mol. The van der Waals surface area contributed by atoms with Crippen molar-refractivity contribution in [2.24, 2.45) is 0 Å². The van der Waals surface area contributed by atoms with Crippen molar-refractivity contribution in [1.82, 2.24) is 4.98 Å². The first-order valence-electron chi connectivity index (χ1n) is 4.99. The first-order chi connectivity index (χ1) is 7.09. The summed E-state index contributed by atoms with van der Waals surface area (Å²) in [6.07, 6.45) is 2.54. The Morgan fingerprint density at radius 3 is 3.00 bits per heavy atom. The van der Waals surface area contributed by atoms with Crippen LogP contribution in [0.15, 0.2) is 18.3 Å². The number of aromatic nitrogens is 1. The molecule has 0 saturated carbocycles. The lowest BCUT2D eigenvalue weighted by Crippen LogP contribution is -2.17. The number of hydrogen-bond acceptors (Lipinski definition) is 3. The Kier molecular flexibility index (Phi) is 4.09. The molecule has 82 valence electrons. The van der Waals surface area contributed by atoms with E-state index in [9.17, 15) is 4.79 Å². The molecule has 0 aliphatic rings. The van der Waals surface area contributed by atoms with Gasteiger partial charge in [0.25, 0.3) is 0 Å². The monoisotopic (exact) mass is 208 g/mol. The molecule has 0 amide bonds. The van der Waals surface area contributed by atoms with E-state index in [1.807, 2.05) is 26.0 Å². The van der Waals surface area contributed by atoms with Crippen LogP contribution in [-0.2, 0) is 4.79 Å². The third-order valence-corrected chi connectivity index (χ3v) is 2.20. The van der Waals surface area contributed by atoms with Crippen LogP contribution < -0.4 is 5.32 Å². The molecule has 0 bridgehead atoms. The van der Waals surface area contributed by atoms with Gasteiger partial charge in [-0.25, -0.2) is 0 Å². The Labute approximate surface area is 89.3 Å². The number of aliphatic carboxylic acids is 1. The lowest BCUT2D eigenvalue weighted by molar-refractivity contribution is -0.137. The van der Waals surface area contributed by atoms with Crippen LogP contribution in [0.4, 0.5) is 5.69 Å². The van der Waals surface area contributed by atoms with Gasteiger partial charge in [0.05, 0.1) is 11.4 Å². The highest BCUT2D eigenvalue weighted by molar-refractivity contribution is 5.66. The first kappa shape index (κ1) is 11.5. The fraction of sp³-hybridized carbons (Fsp3) is 0.455. The Morgan fingerprint density at radius 2 is 2.40 bits per heavy atom. The maximum Gasteiger partial charge on any atom is 0.303 e. The zero-order valence-electron chi connectivity index (χ0n) is 9.03. The van der Waals surface area contributed by atoms with Gasteiger partial charge >= 0.3 is 5.97 Å². The molecule has 1 aromatic heterocycles. The molecule has 0 spiro atoms. The molecule has 4 nitrogen and oxygen atoms in total. The molecule has 0 fully saturated rings. The second-order valence-electron chi connectivity index (χ2n) is 3.61. The number of nitrogens with one attached hydrogen (secondary N) is 1. The number of carboxylic acid groups (broad SMARTS) is 1. The molecule has 0 aromatic carbocycles. The summed E-state index contributed by atoms with van der Waals surface area (Å²) in [6, 6.07) is 3.95. The summed E-state index contributed by atoms with van der Waals surface area (Å²) in [4.78, 5) is 14.5. The molecule has 1 atom stereocenters. The van der Waals surface area contributed by atoms with Gasteiger partial charge in [0, 0.05) is 18.7 Å². The van der Waals surface area contributed by atoms with Crippen molar-refractivity contribution < 1.29 is 9.90 Å². The molecule has 4 heteroatoms. The molecule has 0 radical (unpaired) electrons. The van der Waals surface area contributed by atoms with Crippen LogP contribution in [0, 0.1) is 6.92 Å². The van der Waals surface area contributed by atoms with Gasteiger partial charge in [-0.15, -0.1) is 0 Å². The Hall–Kier alpha value is -1.58. The SMILES string of the molecule is Cc1ncccc1NC(C)CCC(=O)O. The van der Waals surface area contributed by atoms with Crippen molar-refractivity contribution in [2.75, 3.05) is 5.32 Å². The van der Waals surface area contributed by atoms with Gasteiger partial charge < -0.3 is 10.4 Å². The topological polar surface area (TPSA) is 62.2 Å². The quantitative estimate of drug-likeness (QED) is 0.777. The molecule has 0 saturated heterocycles. The molecule has 1 rings (SSSR count). The summed E-state index contributed by atoms with van der Waals surface area (Å²) in [5, 5.41) is 11.8. The smallest absolute Gasteiger partial charge is 0.303 e. The molecule has 1 unspecified atom stereocenters. The number of aryl methyl sites for hydroxylation is 1. The van der Waals surface area contributed by atoms with Crippen LogP contribution in [0.2, 0.25) is 0 Å². The van der Waals surface area contributed by atoms with Crippen LogP contribution in [0.25, 0.3) is 0 Å². The minimum atomic E-state index is -0.758. The Morgan fingerprint density at radius 1 is 1.67 bits per heavy atom. The van der Waals surface area contributed by atoms with Crippen molar-refractivity contribution in [1.29, 1.82) is 0 Å². The maximum atomic E-state index is 10.4. The summed E-state index contributed by atoms with van der Waals surface area (Å²) in [5.41, 5.74) is 1.90. The number of anilines is 1. The fourth-order valence-corrected chi connectivity index (χ4v) is 1.31. The molecule has 1 aromatic rings. The Balaban J connectivity index is 2.47. The summed E-state index contributed by atoms with van der Waals surface area (Å²) in [5.74, 6) is -0.758. The molecular weight excluding hydrogens is 192 g/mol. The van der Waals surface area contributed by atoms with Crippen LogP contribution >= 0.6 is 0 Å². The van der Waals surface area contributed by atoms with Gasteiger partial charge in [0.2, 0.25) is 0 Å². The lowest BCUT2D eigenvalue weighted by Gasteiger charge is -2.15. The second kappa shape index (κ2) is 5.34. The van der Waals surface area contributed by atoms with Gasteiger partial charge in [-0.1, -0.05) is 0 Å². The van der Waals surface area contributed by atoms with Gasteiger partial charge in [0.1, 0.15) is 0 Å². The van der Waals surface area contributed by atoms with Crippen molar-refractivity contribution in [3.05, 3.63) is 24.0 Å². The lowest BCUT2D eigenvalue weighted by atomic mass is 10.1. The predicted octanol–water partition coefficient (Wildman–Crippen LogP) is 2.06. The molecule has 0 aliphatic carbocycles. The van der Waals surface area contributed by atoms with Crippen LogP contribution in [0.5, 0.6) is 0 Å². The number of hydrogen-bond donors (Lipinski definition) is 2. The average Bonchev–Trinajstić information content (AvgIpc) is 2.18. The highest BCUT2D eigenvalue weighted by atomic mass is 16.4. The largest absolute Gasteiger partial charge is 0.481 e. The fourth-order valence-electron chi connectivity index (χ4n) is 1.31. The van der Waals surface area contributed by atoms with E-state index in [1.54, 1.807) is 6.20 Å². The van der Waals surface area contributed by atoms with Gasteiger partial charge in [0.15, 0.2) is 0 Å². The highest BCUT2D eigenvalue weighted by Gasteiger charge is 2.06. The molecule has 15 heavy (non-hydrogen) atoms. The maximum absolute atomic E-state index is 10.4. The highest BCUT2D eigenvalue weighted by Crippen LogP contribution is 2.13. The van der Waals surface area contributed by atoms with E-state index < -0.39 is 5.97 Å². The minimum Gasteiger partial charge on any atom is -0.481 e. The number of nitrogens with zero attached hydrogens (tertiary/aromatic N) is 1. The van der Waals surface area contributed by atoms with Crippen molar-refractivity contribution >= 4 is 11.7 Å². The van der Waals surface area contributed by atoms with E-state index in [-0.39, 0.29) is 12.5 Å². The summed E-state index contributed by atoms with van der Waals surface area (Å²) < 4.78 is 0. The number of rotatable bonds is 5. The summed E-state index contributed by atoms with van der Waals surface area (Å²) >= 11 is 0. The summed E-state index contributed by atoms with van der Waals surface area (Å²) in [6.45, 7) is 3.89. The number of carboxylic acids is 1. The molecule has 1 heterocycles. The molecule has 2 N–H and O–H groups in total. The number of pyridine rings is 1. The van der Waals surface area contributed by atoms with E-state index in [0.717, 1.165) is 11.4 Å². The molecule has 0 aliphatic heterocycles. The van der Waals surface area contributed by atoms with Crippen molar-refractivity contribution in [3.63, 3.8) is 0 Å². The van der Waals surface area contributed by atoms with E-state index >= 15 is 0 Å². The minimum absolute atomic E-state index is 0.143. The first-order valence-corrected chi connectivity index (χ1v) is 4.99. The van der Waals surface area contributed by atoms with E-state index in [1.165, 1.54) is 0 Å². The molecular formula is C11H16N2O2. The third kappa shape index (κ3) is 3.97. The van der Waals surface area contributed by atoms with Crippen molar-refractivity contribution in [2.45, 2.75) is 32.7 Å². The van der Waals surface area contributed by atoms with Gasteiger partial charge in [-0.2, -0.15) is 0 Å². The van der Waals surface area contributed by atoms with Crippen LogP contribution in [0.3, 0.4) is 0 Å². The number of carbonyl (C=O) groups is 1. The zero-order chi connectivity index (χ0) is 11.3.